The summed E-state index contributed by atoms with van der Waals surface area (Å²) in [5.74, 6) is 0. The summed E-state index contributed by atoms with van der Waals surface area (Å²) in [6.07, 6.45) is 3.05. The van der Waals surface area contributed by atoms with Crippen LogP contribution in [-0.2, 0) is 4.74 Å². The van der Waals surface area contributed by atoms with Crippen LogP contribution in [0.2, 0.25) is 0 Å². The summed E-state index contributed by atoms with van der Waals surface area (Å²) in [4.78, 5) is 29.2. The van der Waals surface area contributed by atoms with Gasteiger partial charge in [-0.1, -0.05) is 28.1 Å². The van der Waals surface area contributed by atoms with Gasteiger partial charge in [0.1, 0.15) is 5.60 Å². The molecule has 3 rings (SSSR count). The minimum atomic E-state index is -0.496. The van der Waals surface area contributed by atoms with E-state index < -0.39 is 5.60 Å². The van der Waals surface area contributed by atoms with Gasteiger partial charge in [0.25, 0.3) is 0 Å². The van der Waals surface area contributed by atoms with Crippen molar-refractivity contribution in [2.75, 3.05) is 13.1 Å². The molecule has 1 aliphatic heterocycles. The first-order valence-electron chi connectivity index (χ1n) is 8.78. The topological polar surface area (TPSA) is 67.3 Å². The molecule has 0 spiro atoms. The van der Waals surface area contributed by atoms with Crippen LogP contribution in [0.3, 0.4) is 0 Å². The zero-order valence-electron chi connectivity index (χ0n) is 15.3. The molecule has 0 unspecified atom stereocenters. The molecule has 1 aromatic heterocycles. The number of nitrogens with one attached hydrogen (secondary N) is 1. The molecule has 1 amide bonds. The van der Waals surface area contributed by atoms with Crippen LogP contribution in [0.4, 0.5) is 4.79 Å². The number of imidazole rings is 1. The fourth-order valence-electron chi connectivity index (χ4n) is 3.14. The first-order valence-corrected chi connectivity index (χ1v) is 9.57. The number of aromatic nitrogens is 2. The van der Waals surface area contributed by atoms with Gasteiger partial charge in [-0.15, -0.1) is 0 Å². The molecular weight excluding hydrogens is 398 g/mol. The summed E-state index contributed by atoms with van der Waals surface area (Å²) in [5.41, 5.74) is 1.15. The first kappa shape index (κ1) is 18.8. The lowest BCUT2D eigenvalue weighted by atomic mass is 10.1. The SMILES string of the molecule is CC(C)(C)OC(=O)N1CCC(n2cc(-c3cccc(Br)c3)[nH]c2=O)CC1. The highest BCUT2D eigenvalue weighted by Crippen LogP contribution is 2.25. The van der Waals surface area contributed by atoms with Crippen LogP contribution >= 0.6 is 15.9 Å². The molecule has 1 aliphatic rings. The van der Waals surface area contributed by atoms with Crippen molar-refractivity contribution in [1.29, 1.82) is 0 Å². The first-order chi connectivity index (χ1) is 12.2. The Balaban J connectivity index is 1.69. The number of likely N-dealkylation sites (tertiary alicyclic amines) is 1. The lowest BCUT2D eigenvalue weighted by Crippen LogP contribution is -2.42. The summed E-state index contributed by atoms with van der Waals surface area (Å²) in [6.45, 7) is 6.76. The van der Waals surface area contributed by atoms with E-state index in [2.05, 4.69) is 20.9 Å². The summed E-state index contributed by atoms with van der Waals surface area (Å²) in [5, 5.41) is 0. The van der Waals surface area contributed by atoms with Crippen LogP contribution in [0, 0.1) is 0 Å². The summed E-state index contributed by atoms with van der Waals surface area (Å²) >= 11 is 3.45. The molecule has 0 aliphatic carbocycles. The van der Waals surface area contributed by atoms with Gasteiger partial charge in [-0.3, -0.25) is 4.57 Å². The Labute approximate surface area is 161 Å². The van der Waals surface area contributed by atoms with Gasteiger partial charge in [0.15, 0.2) is 0 Å². The van der Waals surface area contributed by atoms with Gasteiger partial charge in [0.05, 0.1) is 5.69 Å². The fourth-order valence-corrected chi connectivity index (χ4v) is 3.54. The van der Waals surface area contributed by atoms with Gasteiger partial charge in [0, 0.05) is 35.4 Å². The van der Waals surface area contributed by atoms with Gasteiger partial charge in [-0.05, 0) is 45.7 Å². The standard InChI is InChI=1S/C19H24BrN3O3/c1-19(2,3)26-18(25)22-9-7-15(8-10-22)23-12-16(21-17(23)24)13-5-4-6-14(20)11-13/h4-6,11-12,15H,7-10H2,1-3H3,(H,21,24). The smallest absolute Gasteiger partial charge is 0.410 e. The Bertz CT molecular complexity index is 842. The predicted octanol–water partition coefficient (Wildman–Crippen LogP) is 4.18. The van der Waals surface area contributed by atoms with Crippen LogP contribution < -0.4 is 5.69 Å². The molecule has 1 saturated heterocycles. The number of aromatic amines is 1. The van der Waals surface area contributed by atoms with Crippen molar-refractivity contribution in [2.45, 2.75) is 45.3 Å². The van der Waals surface area contributed by atoms with E-state index in [0.29, 0.717) is 13.1 Å². The molecule has 0 saturated carbocycles. The molecule has 1 fully saturated rings. The Kier molecular flexibility index (Phi) is 5.27. The van der Waals surface area contributed by atoms with Crippen LogP contribution in [0.5, 0.6) is 0 Å². The number of piperidine rings is 1. The number of hydrogen-bond donors (Lipinski definition) is 1. The molecule has 26 heavy (non-hydrogen) atoms. The Morgan fingerprint density at radius 1 is 1.27 bits per heavy atom. The van der Waals surface area contributed by atoms with Crippen LogP contribution in [0.15, 0.2) is 39.7 Å². The molecule has 1 N–H and O–H groups in total. The van der Waals surface area contributed by atoms with Crippen molar-refractivity contribution in [2.24, 2.45) is 0 Å². The lowest BCUT2D eigenvalue weighted by molar-refractivity contribution is 0.0187. The molecule has 7 heteroatoms. The van der Waals surface area contributed by atoms with E-state index in [1.54, 1.807) is 9.47 Å². The van der Waals surface area contributed by atoms with Crippen LogP contribution in [-0.4, -0.2) is 39.2 Å². The highest BCUT2D eigenvalue weighted by atomic mass is 79.9. The van der Waals surface area contributed by atoms with E-state index in [9.17, 15) is 9.59 Å². The van der Waals surface area contributed by atoms with Gasteiger partial charge >= 0.3 is 11.8 Å². The lowest BCUT2D eigenvalue weighted by Gasteiger charge is -2.33. The van der Waals surface area contributed by atoms with Crippen LogP contribution in [0.1, 0.15) is 39.7 Å². The van der Waals surface area contributed by atoms with Gasteiger partial charge in [0.2, 0.25) is 0 Å². The van der Waals surface area contributed by atoms with Crippen molar-refractivity contribution in [3.05, 3.63) is 45.4 Å². The zero-order valence-corrected chi connectivity index (χ0v) is 16.9. The van der Waals surface area contributed by atoms with E-state index in [4.69, 9.17) is 4.74 Å². The number of ether oxygens (including phenoxy) is 1. The quantitative estimate of drug-likeness (QED) is 0.790. The number of hydrogen-bond acceptors (Lipinski definition) is 3. The number of nitrogens with zero attached hydrogens (tertiary/aromatic N) is 2. The normalized spacial score (nSPS) is 15.9. The van der Waals surface area contributed by atoms with E-state index in [-0.39, 0.29) is 17.8 Å². The van der Waals surface area contributed by atoms with Crippen LogP contribution in [0.25, 0.3) is 11.3 Å². The summed E-state index contributed by atoms with van der Waals surface area (Å²) in [7, 11) is 0. The maximum Gasteiger partial charge on any atom is 0.410 e. The van der Waals surface area contributed by atoms with E-state index in [1.165, 1.54) is 0 Å². The van der Waals surface area contributed by atoms with Crippen molar-refractivity contribution < 1.29 is 9.53 Å². The highest BCUT2D eigenvalue weighted by molar-refractivity contribution is 9.10. The summed E-state index contributed by atoms with van der Waals surface area (Å²) in [6, 6.07) is 7.91. The Morgan fingerprint density at radius 2 is 1.96 bits per heavy atom. The number of carbonyl (C=O) groups excluding carboxylic acids is 1. The molecule has 6 nitrogen and oxygen atoms in total. The van der Waals surface area contributed by atoms with Gasteiger partial charge in [-0.2, -0.15) is 0 Å². The number of carbonyl (C=O) groups is 1. The third-order valence-corrected chi connectivity index (χ3v) is 4.88. The maximum atomic E-state index is 12.4. The minimum absolute atomic E-state index is 0.0818. The second kappa shape index (κ2) is 7.31. The Hall–Kier alpha value is -2.02. The number of amides is 1. The molecular formula is C19H24BrN3O3. The summed E-state index contributed by atoms with van der Waals surface area (Å²) < 4.78 is 8.14. The average Bonchev–Trinajstić information content (AvgIpc) is 2.95. The monoisotopic (exact) mass is 421 g/mol. The van der Waals surface area contributed by atoms with E-state index in [0.717, 1.165) is 28.6 Å². The third kappa shape index (κ3) is 4.38. The molecule has 2 aromatic rings. The van der Waals surface area contributed by atoms with E-state index >= 15 is 0 Å². The van der Waals surface area contributed by atoms with Crippen molar-refractivity contribution in [1.82, 2.24) is 14.5 Å². The number of benzene rings is 1. The number of H-pyrrole nitrogens is 1. The van der Waals surface area contributed by atoms with Crippen molar-refractivity contribution in [3.63, 3.8) is 0 Å². The fraction of sp³-hybridized carbons (Fsp3) is 0.474. The van der Waals surface area contributed by atoms with E-state index in [1.807, 2.05) is 51.2 Å². The average molecular weight is 422 g/mol. The second-order valence-corrected chi connectivity index (χ2v) is 8.50. The molecule has 0 bridgehead atoms. The third-order valence-electron chi connectivity index (χ3n) is 4.39. The van der Waals surface area contributed by atoms with Gasteiger partial charge < -0.3 is 14.6 Å². The largest absolute Gasteiger partial charge is 0.444 e. The molecule has 0 radical (unpaired) electrons. The maximum absolute atomic E-state index is 12.4. The molecule has 0 atom stereocenters. The zero-order chi connectivity index (χ0) is 18.9. The van der Waals surface area contributed by atoms with Crippen molar-refractivity contribution in [3.8, 4) is 11.3 Å². The predicted molar refractivity (Wildman–Crippen MR) is 104 cm³/mol. The second-order valence-electron chi connectivity index (χ2n) is 7.59. The highest BCUT2D eigenvalue weighted by Gasteiger charge is 2.28. The van der Waals surface area contributed by atoms with Gasteiger partial charge in [-0.25, -0.2) is 9.59 Å². The Morgan fingerprint density at radius 3 is 2.58 bits per heavy atom. The number of rotatable bonds is 2. The molecule has 140 valence electrons. The van der Waals surface area contributed by atoms with Crippen molar-refractivity contribution >= 4 is 22.0 Å². The minimum Gasteiger partial charge on any atom is -0.444 e. The molecule has 2 heterocycles. The number of halogens is 1. The molecule has 1 aromatic carbocycles.